The molecule has 0 unspecified atom stereocenters. The van der Waals surface area contributed by atoms with Gasteiger partial charge in [-0.05, 0) is 0 Å². The molecule has 5 nitrogen and oxygen atoms in total. The number of nitrogens with two attached hydrogens (primary N) is 1. The number of hydrogen-bond acceptors (Lipinski definition) is 5. The van der Waals surface area contributed by atoms with Gasteiger partial charge in [0.1, 0.15) is 10.8 Å². The number of aromatic nitrogens is 3. The van der Waals surface area contributed by atoms with E-state index in [4.69, 9.17) is 5.73 Å². The van der Waals surface area contributed by atoms with Gasteiger partial charge in [-0.3, -0.25) is 5.10 Å². The van der Waals surface area contributed by atoms with Crippen molar-refractivity contribution in [2.24, 2.45) is 0 Å². The largest absolute Gasteiger partial charge is 0.382 e. The normalized spacial score (nSPS) is 10.2. The van der Waals surface area contributed by atoms with Crippen molar-refractivity contribution in [2.75, 3.05) is 11.1 Å². The Bertz CT molecular complexity index is 366. The van der Waals surface area contributed by atoms with Crippen LogP contribution in [0.1, 0.15) is 5.01 Å². The van der Waals surface area contributed by atoms with Gasteiger partial charge in [0.15, 0.2) is 0 Å². The van der Waals surface area contributed by atoms with E-state index < -0.39 is 0 Å². The zero-order chi connectivity index (χ0) is 9.10. The van der Waals surface area contributed by atoms with Crippen LogP contribution in [0.3, 0.4) is 0 Å². The van der Waals surface area contributed by atoms with Gasteiger partial charge in [0.25, 0.3) is 0 Å². The van der Waals surface area contributed by atoms with Crippen LogP contribution in [-0.4, -0.2) is 15.2 Å². The van der Waals surface area contributed by atoms with Crippen molar-refractivity contribution >= 4 is 22.8 Å². The van der Waals surface area contributed by atoms with Gasteiger partial charge in [-0.1, -0.05) is 0 Å². The van der Waals surface area contributed by atoms with Gasteiger partial charge in [-0.2, -0.15) is 5.10 Å². The summed E-state index contributed by atoms with van der Waals surface area (Å²) in [6.45, 7) is 0.682. The second-order valence-electron chi connectivity index (χ2n) is 2.48. The van der Waals surface area contributed by atoms with E-state index in [9.17, 15) is 0 Å². The highest BCUT2D eigenvalue weighted by Gasteiger charge is 2.00. The van der Waals surface area contributed by atoms with E-state index in [1.54, 1.807) is 23.7 Å². The summed E-state index contributed by atoms with van der Waals surface area (Å²) in [4.78, 5) is 4.13. The highest BCUT2D eigenvalue weighted by Crippen LogP contribution is 2.14. The van der Waals surface area contributed by atoms with Crippen LogP contribution in [0.15, 0.2) is 17.8 Å². The van der Waals surface area contributed by atoms with Gasteiger partial charge < -0.3 is 11.1 Å². The number of hydrogen-bond donors (Lipinski definition) is 3. The minimum Gasteiger partial charge on any atom is -0.382 e. The summed E-state index contributed by atoms with van der Waals surface area (Å²) in [5.41, 5.74) is 6.40. The zero-order valence-electron chi connectivity index (χ0n) is 6.82. The Kier molecular flexibility index (Phi) is 2.13. The van der Waals surface area contributed by atoms with Crippen LogP contribution in [0.4, 0.5) is 11.5 Å². The van der Waals surface area contributed by atoms with E-state index in [2.05, 4.69) is 20.5 Å². The molecule has 0 saturated heterocycles. The number of H-pyrrole nitrogens is 1. The fourth-order valence-electron chi connectivity index (χ4n) is 0.948. The van der Waals surface area contributed by atoms with Gasteiger partial charge in [0, 0.05) is 11.6 Å². The first kappa shape index (κ1) is 8.06. The molecule has 0 amide bonds. The summed E-state index contributed by atoms with van der Waals surface area (Å²) in [7, 11) is 0. The van der Waals surface area contributed by atoms with E-state index in [1.165, 1.54) is 0 Å². The monoisotopic (exact) mass is 195 g/mol. The lowest BCUT2D eigenvalue weighted by atomic mass is 10.5. The van der Waals surface area contributed by atoms with E-state index in [0.29, 0.717) is 12.4 Å². The number of nitrogens with zero attached hydrogens (tertiary/aromatic N) is 2. The average Bonchev–Trinajstić information content (AvgIpc) is 2.72. The first-order valence-corrected chi connectivity index (χ1v) is 4.65. The summed E-state index contributed by atoms with van der Waals surface area (Å²) in [6, 6.07) is 0. The minimum absolute atomic E-state index is 0.552. The average molecular weight is 195 g/mol. The van der Waals surface area contributed by atoms with Crippen LogP contribution < -0.4 is 11.1 Å². The second-order valence-corrected chi connectivity index (χ2v) is 3.46. The maximum Gasteiger partial charge on any atom is 0.142 e. The number of rotatable bonds is 3. The molecular weight excluding hydrogens is 186 g/mol. The lowest BCUT2D eigenvalue weighted by Gasteiger charge is -2.00. The highest BCUT2D eigenvalue weighted by atomic mass is 32.1. The van der Waals surface area contributed by atoms with Crippen molar-refractivity contribution in [3.05, 3.63) is 22.8 Å². The lowest BCUT2D eigenvalue weighted by molar-refractivity contribution is 1.10. The van der Waals surface area contributed by atoms with Crippen LogP contribution in [-0.2, 0) is 6.54 Å². The molecule has 0 saturated carbocycles. The minimum atomic E-state index is 0.552. The molecule has 2 rings (SSSR count). The van der Waals surface area contributed by atoms with Crippen molar-refractivity contribution < 1.29 is 0 Å². The molecule has 2 aromatic heterocycles. The molecule has 0 atom stereocenters. The standard InChI is InChI=1S/C7H9N5S/c8-7-5(3-11-12-7)10-4-6-9-1-2-13-6/h1-3,10H,4H2,(H3,8,11,12). The molecule has 13 heavy (non-hydrogen) atoms. The van der Waals surface area contributed by atoms with E-state index in [0.717, 1.165) is 10.7 Å². The van der Waals surface area contributed by atoms with E-state index in [1.807, 2.05) is 5.38 Å². The van der Waals surface area contributed by atoms with E-state index in [-0.39, 0.29) is 0 Å². The summed E-state index contributed by atoms with van der Waals surface area (Å²) in [5.74, 6) is 0.552. The third-order valence-electron chi connectivity index (χ3n) is 1.58. The second kappa shape index (κ2) is 3.44. The molecule has 0 radical (unpaired) electrons. The van der Waals surface area contributed by atoms with Crippen molar-refractivity contribution in [3.8, 4) is 0 Å². The molecular formula is C7H9N5S. The molecule has 68 valence electrons. The SMILES string of the molecule is Nc1[nH]ncc1NCc1nccs1. The van der Waals surface area contributed by atoms with Crippen molar-refractivity contribution in [1.29, 1.82) is 0 Å². The summed E-state index contributed by atoms with van der Waals surface area (Å²) in [6.07, 6.45) is 3.43. The summed E-state index contributed by atoms with van der Waals surface area (Å²) in [5, 5.41) is 12.5. The maximum atomic E-state index is 5.58. The van der Waals surface area contributed by atoms with Crippen LogP contribution in [0, 0.1) is 0 Å². The highest BCUT2D eigenvalue weighted by molar-refractivity contribution is 7.09. The Hall–Kier alpha value is -1.56. The smallest absolute Gasteiger partial charge is 0.142 e. The van der Waals surface area contributed by atoms with Gasteiger partial charge in [-0.15, -0.1) is 11.3 Å². The number of aromatic amines is 1. The van der Waals surface area contributed by atoms with Gasteiger partial charge >= 0.3 is 0 Å². The Balaban J connectivity index is 1.97. The molecule has 0 spiro atoms. The number of nitrogens with one attached hydrogen (secondary N) is 2. The van der Waals surface area contributed by atoms with Gasteiger partial charge in [-0.25, -0.2) is 4.98 Å². The predicted molar refractivity (Wildman–Crippen MR) is 52.4 cm³/mol. The molecule has 2 aromatic rings. The summed E-state index contributed by atoms with van der Waals surface area (Å²) < 4.78 is 0. The molecule has 2 heterocycles. The first-order valence-electron chi connectivity index (χ1n) is 3.77. The molecule has 0 fully saturated rings. The van der Waals surface area contributed by atoms with Crippen LogP contribution in [0.5, 0.6) is 0 Å². The molecule has 6 heteroatoms. The van der Waals surface area contributed by atoms with Crippen LogP contribution in [0.25, 0.3) is 0 Å². The fraction of sp³-hybridized carbons (Fsp3) is 0.143. The van der Waals surface area contributed by atoms with Gasteiger partial charge in [0.2, 0.25) is 0 Å². The first-order chi connectivity index (χ1) is 6.36. The van der Waals surface area contributed by atoms with Crippen molar-refractivity contribution in [3.63, 3.8) is 0 Å². The number of nitrogen functional groups attached to an aromatic ring is 1. The molecule has 4 N–H and O–H groups in total. The van der Waals surface area contributed by atoms with E-state index >= 15 is 0 Å². The third kappa shape index (κ3) is 1.78. The third-order valence-corrected chi connectivity index (χ3v) is 2.36. The lowest BCUT2D eigenvalue weighted by Crippen LogP contribution is -2.00. The molecule has 0 aromatic carbocycles. The van der Waals surface area contributed by atoms with Gasteiger partial charge in [0.05, 0.1) is 18.4 Å². The van der Waals surface area contributed by atoms with Crippen LogP contribution in [0.2, 0.25) is 0 Å². The summed E-state index contributed by atoms with van der Waals surface area (Å²) >= 11 is 1.61. The van der Waals surface area contributed by atoms with Crippen LogP contribution >= 0.6 is 11.3 Å². The topological polar surface area (TPSA) is 79.6 Å². The predicted octanol–water partition coefficient (Wildman–Crippen LogP) is 1.06. The Labute approximate surface area is 79.0 Å². The fourth-order valence-corrected chi connectivity index (χ4v) is 1.50. The molecule has 0 aliphatic heterocycles. The quantitative estimate of drug-likeness (QED) is 0.684. The molecule has 0 aliphatic rings. The van der Waals surface area contributed by atoms with Crippen molar-refractivity contribution in [1.82, 2.24) is 15.2 Å². The maximum absolute atomic E-state index is 5.58. The molecule has 0 bridgehead atoms. The van der Waals surface area contributed by atoms with Crippen molar-refractivity contribution in [2.45, 2.75) is 6.54 Å². The Morgan fingerprint density at radius 2 is 2.54 bits per heavy atom. The zero-order valence-corrected chi connectivity index (χ0v) is 7.64. The Morgan fingerprint density at radius 3 is 3.15 bits per heavy atom. The number of anilines is 2. The number of thiazole rings is 1. The Morgan fingerprint density at radius 1 is 1.62 bits per heavy atom. The molecule has 0 aliphatic carbocycles.